The zero-order valence-corrected chi connectivity index (χ0v) is 17.3. The average Bonchev–Trinajstić information content (AvgIpc) is 2.86. The minimum absolute atomic E-state index is 0.184. The van der Waals surface area contributed by atoms with Gasteiger partial charge in [-0.3, -0.25) is 14.5 Å². The van der Waals surface area contributed by atoms with E-state index < -0.39 is 0 Å². The Hall–Kier alpha value is -2.04. The lowest BCUT2D eigenvalue weighted by Crippen LogP contribution is -2.33. The predicted molar refractivity (Wildman–Crippen MR) is 113 cm³/mol. The summed E-state index contributed by atoms with van der Waals surface area (Å²) in [7, 11) is 0. The Kier molecular flexibility index (Phi) is 6.08. The van der Waals surface area contributed by atoms with Gasteiger partial charge in [0.2, 0.25) is 0 Å². The van der Waals surface area contributed by atoms with Gasteiger partial charge in [-0.1, -0.05) is 54.4 Å². The maximum atomic E-state index is 13.1. The third-order valence-corrected chi connectivity index (χ3v) is 5.81. The van der Waals surface area contributed by atoms with Gasteiger partial charge >= 0.3 is 0 Å². The maximum absolute atomic E-state index is 13.1. The number of benzene rings is 2. The van der Waals surface area contributed by atoms with Crippen LogP contribution in [0.1, 0.15) is 29.2 Å². The SMILES string of the molecule is CCSC1=C(c2ccc(C)cc2C)C(=O)N(CCc2ccc(Cl)cc2)C1=O. The van der Waals surface area contributed by atoms with Crippen molar-refractivity contribution in [3.63, 3.8) is 0 Å². The van der Waals surface area contributed by atoms with Crippen molar-refractivity contribution in [2.24, 2.45) is 0 Å². The van der Waals surface area contributed by atoms with Crippen LogP contribution in [0.5, 0.6) is 0 Å². The van der Waals surface area contributed by atoms with Crippen molar-refractivity contribution in [3.05, 3.63) is 74.6 Å². The highest BCUT2D eigenvalue weighted by atomic mass is 35.5. The smallest absolute Gasteiger partial charge is 0.267 e. The predicted octanol–water partition coefficient (Wildman–Crippen LogP) is 5.03. The Morgan fingerprint density at radius 3 is 2.33 bits per heavy atom. The summed E-state index contributed by atoms with van der Waals surface area (Å²) in [6.07, 6.45) is 0.610. The summed E-state index contributed by atoms with van der Waals surface area (Å²) >= 11 is 7.37. The van der Waals surface area contributed by atoms with Crippen LogP contribution in [-0.4, -0.2) is 29.0 Å². The summed E-state index contributed by atoms with van der Waals surface area (Å²) in [6, 6.07) is 13.5. The normalized spacial score (nSPS) is 14.4. The molecule has 3 nitrogen and oxygen atoms in total. The molecule has 0 aromatic heterocycles. The molecule has 1 aliphatic rings. The second-order valence-corrected chi connectivity index (χ2v) is 8.30. The van der Waals surface area contributed by atoms with Crippen LogP contribution in [0.2, 0.25) is 5.02 Å². The Balaban J connectivity index is 1.89. The molecule has 0 fully saturated rings. The molecule has 0 atom stereocenters. The van der Waals surface area contributed by atoms with Gasteiger partial charge in [0, 0.05) is 11.6 Å². The van der Waals surface area contributed by atoms with Crippen LogP contribution in [0.15, 0.2) is 47.4 Å². The van der Waals surface area contributed by atoms with E-state index in [1.807, 2.05) is 63.2 Å². The molecular weight excluding hydrogens is 378 g/mol. The van der Waals surface area contributed by atoms with Gasteiger partial charge in [-0.15, -0.1) is 11.8 Å². The summed E-state index contributed by atoms with van der Waals surface area (Å²) in [4.78, 5) is 28.0. The minimum Gasteiger partial charge on any atom is -0.274 e. The van der Waals surface area contributed by atoms with Gasteiger partial charge in [0.05, 0.1) is 10.5 Å². The first-order valence-corrected chi connectivity index (χ1v) is 10.3. The molecule has 27 heavy (non-hydrogen) atoms. The number of thioether (sulfide) groups is 1. The molecule has 2 aromatic rings. The molecular formula is C22H22ClNO2S. The number of halogens is 1. The highest BCUT2D eigenvalue weighted by Crippen LogP contribution is 2.37. The van der Waals surface area contributed by atoms with Crippen molar-refractivity contribution in [1.29, 1.82) is 0 Å². The van der Waals surface area contributed by atoms with Gasteiger partial charge in [-0.25, -0.2) is 0 Å². The molecule has 0 unspecified atom stereocenters. The summed E-state index contributed by atoms with van der Waals surface area (Å²) in [5, 5.41) is 0.674. The van der Waals surface area contributed by atoms with Crippen LogP contribution in [0.3, 0.4) is 0 Å². The molecule has 0 saturated carbocycles. The van der Waals surface area contributed by atoms with Gasteiger partial charge in [0.25, 0.3) is 11.8 Å². The van der Waals surface area contributed by atoms with Gasteiger partial charge in [0.15, 0.2) is 0 Å². The fourth-order valence-corrected chi connectivity index (χ4v) is 4.25. The molecule has 5 heteroatoms. The highest BCUT2D eigenvalue weighted by Gasteiger charge is 2.39. The number of hydrogen-bond donors (Lipinski definition) is 0. The van der Waals surface area contributed by atoms with Gasteiger partial charge in [-0.05, 0) is 54.8 Å². The number of rotatable bonds is 6. The van der Waals surface area contributed by atoms with E-state index in [9.17, 15) is 9.59 Å². The molecule has 3 rings (SSSR count). The number of hydrogen-bond acceptors (Lipinski definition) is 3. The molecule has 0 N–H and O–H groups in total. The first kappa shape index (κ1) is 19.7. The minimum atomic E-state index is -0.197. The molecule has 0 radical (unpaired) electrons. The van der Waals surface area contributed by atoms with Crippen LogP contribution in [-0.2, 0) is 16.0 Å². The number of nitrogens with zero attached hydrogens (tertiary/aromatic N) is 1. The number of carbonyl (C=O) groups is 2. The maximum Gasteiger partial charge on any atom is 0.267 e. The molecule has 140 valence electrons. The zero-order valence-electron chi connectivity index (χ0n) is 15.7. The quantitative estimate of drug-likeness (QED) is 0.639. The zero-order chi connectivity index (χ0) is 19.6. The largest absolute Gasteiger partial charge is 0.274 e. The lowest BCUT2D eigenvalue weighted by atomic mass is 9.99. The molecule has 0 saturated heterocycles. The molecule has 1 heterocycles. The average molecular weight is 400 g/mol. The molecule has 2 amide bonds. The molecule has 0 aliphatic carbocycles. The second kappa shape index (κ2) is 8.32. The summed E-state index contributed by atoms with van der Waals surface area (Å²) < 4.78 is 0. The van der Waals surface area contributed by atoms with Crippen molar-refractivity contribution in [3.8, 4) is 0 Å². The number of amides is 2. The van der Waals surface area contributed by atoms with Crippen LogP contribution in [0, 0.1) is 13.8 Å². The Labute approximate surface area is 169 Å². The Morgan fingerprint density at radius 1 is 1.00 bits per heavy atom. The topological polar surface area (TPSA) is 37.4 Å². The summed E-state index contributed by atoms with van der Waals surface area (Å²) in [5.41, 5.74) is 4.59. The van der Waals surface area contributed by atoms with Crippen molar-refractivity contribution in [1.82, 2.24) is 4.90 Å². The molecule has 2 aromatic carbocycles. The van der Waals surface area contributed by atoms with Crippen molar-refractivity contribution in [2.45, 2.75) is 27.2 Å². The molecule has 0 bridgehead atoms. The van der Waals surface area contributed by atoms with Crippen molar-refractivity contribution in [2.75, 3.05) is 12.3 Å². The van der Waals surface area contributed by atoms with Gasteiger partial charge in [-0.2, -0.15) is 0 Å². The lowest BCUT2D eigenvalue weighted by molar-refractivity contribution is -0.136. The van der Waals surface area contributed by atoms with Crippen LogP contribution in [0.4, 0.5) is 0 Å². The summed E-state index contributed by atoms with van der Waals surface area (Å²) in [5.74, 6) is 0.362. The number of carbonyl (C=O) groups excluding carboxylic acids is 2. The lowest BCUT2D eigenvalue weighted by Gasteiger charge is -2.15. The number of imide groups is 1. The molecule has 0 spiro atoms. The fourth-order valence-electron chi connectivity index (χ4n) is 3.26. The molecule has 1 aliphatic heterocycles. The van der Waals surface area contributed by atoms with Crippen molar-refractivity contribution >= 4 is 40.8 Å². The van der Waals surface area contributed by atoms with Gasteiger partial charge in [0.1, 0.15) is 0 Å². The van der Waals surface area contributed by atoms with E-state index in [-0.39, 0.29) is 11.8 Å². The van der Waals surface area contributed by atoms with Crippen molar-refractivity contribution < 1.29 is 9.59 Å². The second-order valence-electron chi connectivity index (χ2n) is 6.59. The standard InChI is InChI=1S/C22H22ClNO2S/c1-4-27-20-19(18-10-5-14(2)13-15(18)3)21(25)24(22(20)26)12-11-16-6-8-17(23)9-7-16/h5-10,13H,4,11-12H2,1-3H3. The van der Waals surface area contributed by atoms with Crippen LogP contribution < -0.4 is 0 Å². The van der Waals surface area contributed by atoms with E-state index in [0.717, 1.165) is 28.0 Å². The Bertz CT molecular complexity index is 918. The first-order valence-electron chi connectivity index (χ1n) is 8.97. The third kappa shape index (κ3) is 4.12. The van der Waals surface area contributed by atoms with E-state index in [1.165, 1.54) is 16.7 Å². The van der Waals surface area contributed by atoms with Gasteiger partial charge < -0.3 is 0 Å². The van der Waals surface area contributed by atoms with E-state index in [1.54, 1.807) is 0 Å². The Morgan fingerprint density at radius 2 is 1.70 bits per heavy atom. The number of aryl methyl sites for hydroxylation is 2. The van der Waals surface area contributed by atoms with E-state index >= 15 is 0 Å². The van der Waals surface area contributed by atoms with Crippen LogP contribution in [0.25, 0.3) is 5.57 Å². The van der Waals surface area contributed by atoms with E-state index in [0.29, 0.717) is 28.5 Å². The first-order chi connectivity index (χ1) is 12.9. The van der Waals surface area contributed by atoms with Crippen LogP contribution >= 0.6 is 23.4 Å². The summed E-state index contributed by atoms with van der Waals surface area (Å²) in [6.45, 7) is 6.36. The van der Waals surface area contributed by atoms with E-state index in [2.05, 4.69) is 0 Å². The highest BCUT2D eigenvalue weighted by molar-refractivity contribution is 8.04. The third-order valence-electron chi connectivity index (χ3n) is 4.60. The monoisotopic (exact) mass is 399 g/mol. The fraction of sp³-hybridized carbons (Fsp3) is 0.273. The van der Waals surface area contributed by atoms with E-state index in [4.69, 9.17) is 11.6 Å².